The normalized spacial score (nSPS) is 21.0. The van der Waals surface area contributed by atoms with Gasteiger partial charge in [-0.05, 0) is 73.4 Å². The molecule has 1 N–H and O–H groups in total. The van der Waals surface area contributed by atoms with Gasteiger partial charge in [0.15, 0.2) is 5.84 Å². The summed E-state index contributed by atoms with van der Waals surface area (Å²) in [6.07, 6.45) is 5.66. The number of aryl methyl sites for hydroxylation is 1. The molecule has 33 heavy (non-hydrogen) atoms. The van der Waals surface area contributed by atoms with Crippen LogP contribution in [0.4, 0.5) is 4.39 Å². The number of amidine groups is 1. The van der Waals surface area contributed by atoms with E-state index in [9.17, 15) is 9.50 Å². The summed E-state index contributed by atoms with van der Waals surface area (Å²) in [5.74, 6) is 1.14. The molecular formula is C25H24FN3O3S. The maximum Gasteiger partial charge on any atom is 0.260 e. The first kappa shape index (κ1) is 21.6. The van der Waals surface area contributed by atoms with E-state index < -0.39 is 5.72 Å². The molecule has 0 saturated carbocycles. The Morgan fingerprint density at radius 3 is 2.79 bits per heavy atom. The lowest BCUT2D eigenvalue weighted by Gasteiger charge is -2.38. The molecule has 1 fully saturated rings. The van der Waals surface area contributed by atoms with Crippen LogP contribution in [0.2, 0.25) is 0 Å². The number of ether oxygens (including phenoxy) is 1. The zero-order valence-electron chi connectivity index (χ0n) is 18.4. The second-order valence-electron chi connectivity index (χ2n) is 8.08. The Kier molecular flexibility index (Phi) is 5.64. The van der Waals surface area contributed by atoms with Gasteiger partial charge in [0.1, 0.15) is 18.2 Å². The first-order valence-corrected chi connectivity index (χ1v) is 11.6. The molecule has 3 heterocycles. The van der Waals surface area contributed by atoms with E-state index in [4.69, 9.17) is 9.57 Å². The average Bonchev–Trinajstić information content (AvgIpc) is 3.44. The van der Waals surface area contributed by atoms with Crippen molar-refractivity contribution in [1.29, 1.82) is 0 Å². The maximum absolute atomic E-state index is 13.5. The number of methoxy groups -OCH3 is 1. The second kappa shape index (κ2) is 8.61. The van der Waals surface area contributed by atoms with Crippen LogP contribution in [-0.4, -0.2) is 41.1 Å². The number of hydrogen-bond acceptors (Lipinski definition) is 7. The van der Waals surface area contributed by atoms with Gasteiger partial charge in [-0.3, -0.25) is 0 Å². The quantitative estimate of drug-likeness (QED) is 0.579. The highest BCUT2D eigenvalue weighted by Crippen LogP contribution is 2.41. The predicted octanol–water partition coefficient (Wildman–Crippen LogP) is 4.93. The van der Waals surface area contributed by atoms with E-state index in [1.807, 2.05) is 30.2 Å². The molecule has 1 saturated heterocycles. The van der Waals surface area contributed by atoms with Gasteiger partial charge < -0.3 is 19.6 Å². The summed E-state index contributed by atoms with van der Waals surface area (Å²) in [4.78, 5) is 13.2. The summed E-state index contributed by atoms with van der Waals surface area (Å²) in [6.45, 7) is 2.37. The molecule has 1 atom stereocenters. The molecule has 8 heteroatoms. The third-order valence-corrected chi connectivity index (χ3v) is 7.00. The Morgan fingerprint density at radius 2 is 2.09 bits per heavy atom. The van der Waals surface area contributed by atoms with Gasteiger partial charge in [-0.15, -0.1) is 11.3 Å². The molecule has 0 spiro atoms. The lowest BCUT2D eigenvalue weighted by Crippen LogP contribution is -2.51. The van der Waals surface area contributed by atoms with Gasteiger partial charge in [-0.1, -0.05) is 11.2 Å². The standard InChI is InChI=1S/C25H24FN3O3S/c1-16-27-14-23(33-16)21-10-5-17(13-22(21)31-2)12-18-4-3-11-29-24(18)28-32-25(29,15-30)19-6-8-20(26)9-7-19/h5-10,12-14,30H,3-4,11,15H2,1-2H3/b18-12+. The highest BCUT2D eigenvalue weighted by molar-refractivity contribution is 7.15. The van der Waals surface area contributed by atoms with Crippen molar-refractivity contribution in [3.63, 3.8) is 0 Å². The molecular weight excluding hydrogens is 441 g/mol. The van der Waals surface area contributed by atoms with Gasteiger partial charge in [-0.2, -0.15) is 0 Å². The van der Waals surface area contributed by atoms with Crippen LogP contribution in [0.1, 0.15) is 29.0 Å². The zero-order valence-corrected chi connectivity index (χ0v) is 19.2. The van der Waals surface area contributed by atoms with Crippen LogP contribution in [0, 0.1) is 12.7 Å². The molecule has 0 amide bonds. The van der Waals surface area contributed by atoms with Crippen molar-refractivity contribution < 1.29 is 19.1 Å². The molecule has 2 aromatic carbocycles. The molecule has 0 radical (unpaired) electrons. The molecule has 0 aliphatic carbocycles. The minimum Gasteiger partial charge on any atom is -0.496 e. The van der Waals surface area contributed by atoms with Crippen LogP contribution in [0.25, 0.3) is 16.5 Å². The van der Waals surface area contributed by atoms with Crippen LogP contribution in [0.5, 0.6) is 5.75 Å². The summed E-state index contributed by atoms with van der Waals surface area (Å²) < 4.78 is 19.1. The van der Waals surface area contributed by atoms with Crippen LogP contribution in [0.15, 0.2) is 59.4 Å². The van der Waals surface area contributed by atoms with E-state index >= 15 is 0 Å². The van der Waals surface area contributed by atoms with Gasteiger partial charge >= 0.3 is 0 Å². The highest BCUT2D eigenvalue weighted by atomic mass is 32.1. The number of nitrogens with zero attached hydrogens (tertiary/aromatic N) is 3. The predicted molar refractivity (Wildman–Crippen MR) is 126 cm³/mol. The van der Waals surface area contributed by atoms with Gasteiger partial charge in [-0.25, -0.2) is 9.37 Å². The average molecular weight is 466 g/mol. The van der Waals surface area contributed by atoms with Gasteiger partial charge in [0.2, 0.25) is 0 Å². The largest absolute Gasteiger partial charge is 0.496 e. The second-order valence-corrected chi connectivity index (χ2v) is 9.32. The molecule has 6 nitrogen and oxygen atoms in total. The number of piperidine rings is 1. The Balaban J connectivity index is 1.47. The number of fused-ring (bicyclic) bond motifs is 1. The van der Waals surface area contributed by atoms with Crippen LogP contribution >= 0.6 is 11.3 Å². The summed E-state index contributed by atoms with van der Waals surface area (Å²) in [7, 11) is 1.67. The highest BCUT2D eigenvalue weighted by Gasteiger charge is 2.49. The van der Waals surface area contributed by atoms with Crippen molar-refractivity contribution in [2.24, 2.45) is 5.16 Å². The van der Waals surface area contributed by atoms with E-state index in [0.717, 1.165) is 45.2 Å². The van der Waals surface area contributed by atoms with Crippen molar-refractivity contribution in [3.8, 4) is 16.2 Å². The molecule has 170 valence electrons. The topological polar surface area (TPSA) is 67.2 Å². The number of hydrogen-bond donors (Lipinski definition) is 1. The minimum atomic E-state index is -1.14. The fourth-order valence-electron chi connectivity index (χ4n) is 4.40. The van der Waals surface area contributed by atoms with Crippen molar-refractivity contribution in [1.82, 2.24) is 9.88 Å². The van der Waals surface area contributed by atoms with E-state index in [0.29, 0.717) is 17.9 Å². The van der Waals surface area contributed by atoms with Crippen molar-refractivity contribution in [2.45, 2.75) is 25.5 Å². The fourth-order valence-corrected chi connectivity index (χ4v) is 5.20. The summed E-state index contributed by atoms with van der Waals surface area (Å²) in [6, 6.07) is 12.1. The molecule has 2 aliphatic rings. The van der Waals surface area contributed by atoms with Gasteiger partial charge in [0.25, 0.3) is 5.72 Å². The van der Waals surface area contributed by atoms with E-state index in [-0.39, 0.29) is 12.4 Å². The maximum atomic E-state index is 13.5. The van der Waals surface area contributed by atoms with Crippen LogP contribution in [-0.2, 0) is 10.6 Å². The molecule has 5 rings (SSSR count). The first-order valence-electron chi connectivity index (χ1n) is 10.8. The number of benzene rings is 2. The van der Waals surface area contributed by atoms with Gasteiger partial charge in [0.05, 0.1) is 17.0 Å². The Morgan fingerprint density at radius 1 is 1.27 bits per heavy atom. The van der Waals surface area contributed by atoms with E-state index in [1.54, 1.807) is 30.6 Å². The number of aromatic nitrogens is 1. The number of rotatable bonds is 5. The summed E-state index contributed by atoms with van der Waals surface area (Å²) >= 11 is 1.63. The number of oxime groups is 1. The van der Waals surface area contributed by atoms with Crippen LogP contribution in [0.3, 0.4) is 0 Å². The molecule has 0 bridgehead atoms. The van der Waals surface area contributed by atoms with Crippen molar-refractivity contribution >= 4 is 23.2 Å². The Hall–Kier alpha value is -3.23. The molecule has 3 aromatic rings. The number of aliphatic hydroxyl groups excluding tert-OH is 1. The third-order valence-electron chi connectivity index (χ3n) is 6.05. The number of thiazole rings is 1. The van der Waals surface area contributed by atoms with E-state index in [2.05, 4.69) is 22.3 Å². The van der Waals surface area contributed by atoms with Crippen LogP contribution < -0.4 is 4.74 Å². The van der Waals surface area contributed by atoms with Crippen molar-refractivity contribution in [3.05, 3.63) is 76.2 Å². The molecule has 2 aliphatic heterocycles. The molecule has 1 aromatic heterocycles. The Labute approximate surface area is 195 Å². The molecule has 1 unspecified atom stereocenters. The monoisotopic (exact) mass is 465 g/mol. The van der Waals surface area contributed by atoms with Crippen molar-refractivity contribution in [2.75, 3.05) is 20.3 Å². The lowest BCUT2D eigenvalue weighted by atomic mass is 9.94. The number of aliphatic hydroxyl groups is 1. The smallest absolute Gasteiger partial charge is 0.260 e. The number of halogens is 1. The lowest BCUT2D eigenvalue weighted by molar-refractivity contribution is -0.137. The fraction of sp³-hybridized carbons (Fsp3) is 0.280. The zero-order chi connectivity index (χ0) is 23.0. The minimum absolute atomic E-state index is 0.296. The van der Waals surface area contributed by atoms with E-state index in [1.165, 1.54) is 12.1 Å². The first-order chi connectivity index (χ1) is 16.0. The SMILES string of the molecule is COc1cc(/C=C2\CCCN3C2=NOC3(CO)c2ccc(F)cc2)ccc1-c1cnc(C)s1. The summed E-state index contributed by atoms with van der Waals surface area (Å²) in [5, 5.41) is 15.6. The third kappa shape index (κ3) is 3.79. The van der Waals surface area contributed by atoms with Gasteiger partial charge in [0, 0.05) is 23.9 Å². The Bertz CT molecular complexity index is 1240. The summed E-state index contributed by atoms with van der Waals surface area (Å²) in [5.41, 5.74) is 2.53.